The minimum atomic E-state index is -0.449. The highest BCUT2D eigenvalue weighted by molar-refractivity contribution is 6.06. The molecule has 0 aliphatic carbocycles. The van der Waals surface area contributed by atoms with Crippen molar-refractivity contribution in [2.75, 3.05) is 17.7 Å². The lowest BCUT2D eigenvalue weighted by molar-refractivity contribution is -0.113. The van der Waals surface area contributed by atoms with Gasteiger partial charge >= 0.3 is 0 Å². The summed E-state index contributed by atoms with van der Waals surface area (Å²) in [5.74, 6) is 1.82. The van der Waals surface area contributed by atoms with Gasteiger partial charge in [0.15, 0.2) is 0 Å². The van der Waals surface area contributed by atoms with Gasteiger partial charge in [-0.3, -0.25) is 4.79 Å². The third-order valence-electron chi connectivity index (χ3n) is 5.83. The average Bonchev–Trinajstić information content (AvgIpc) is 3.36. The van der Waals surface area contributed by atoms with E-state index in [9.17, 15) is 4.79 Å². The van der Waals surface area contributed by atoms with Crippen LogP contribution in [0.3, 0.4) is 0 Å². The average molecular weight is 468 g/mol. The summed E-state index contributed by atoms with van der Waals surface area (Å²) >= 11 is 0. The molecule has 0 radical (unpaired) electrons. The normalized spacial score (nSPS) is 14.6. The van der Waals surface area contributed by atoms with Crippen molar-refractivity contribution in [3.8, 4) is 11.5 Å². The lowest BCUT2D eigenvalue weighted by atomic mass is 9.95. The highest BCUT2D eigenvalue weighted by Gasteiger charge is 2.33. The number of anilines is 2. The number of hydrogen-bond acceptors (Lipinski definition) is 6. The summed E-state index contributed by atoms with van der Waals surface area (Å²) in [7, 11) is 1.60. The smallest absolute Gasteiger partial charge is 0.255 e. The molecule has 0 bridgehead atoms. The number of carbonyl (C=O) groups is 1. The molecule has 1 atom stereocenters. The molecule has 1 aliphatic rings. The number of fused-ring (bicyclic) bond motifs is 1. The Labute approximate surface area is 203 Å². The van der Waals surface area contributed by atoms with Crippen LogP contribution < -0.4 is 20.1 Å². The number of aromatic nitrogens is 3. The van der Waals surface area contributed by atoms with Crippen molar-refractivity contribution in [1.29, 1.82) is 0 Å². The summed E-state index contributed by atoms with van der Waals surface area (Å²) < 4.78 is 12.9. The van der Waals surface area contributed by atoms with Crippen LogP contribution in [0.5, 0.6) is 11.5 Å². The second-order valence-corrected chi connectivity index (χ2v) is 8.12. The topological polar surface area (TPSA) is 90.3 Å². The molecule has 2 heterocycles. The molecule has 0 saturated heterocycles. The van der Waals surface area contributed by atoms with Crippen LogP contribution in [0.4, 0.5) is 11.6 Å². The van der Waals surface area contributed by atoms with E-state index in [4.69, 9.17) is 9.47 Å². The van der Waals surface area contributed by atoms with Gasteiger partial charge < -0.3 is 20.1 Å². The van der Waals surface area contributed by atoms with E-state index in [0.29, 0.717) is 29.5 Å². The molecule has 0 unspecified atom stereocenters. The van der Waals surface area contributed by atoms with E-state index in [2.05, 4.69) is 20.7 Å². The van der Waals surface area contributed by atoms with E-state index in [1.54, 1.807) is 36.1 Å². The Morgan fingerprint density at radius 2 is 1.71 bits per heavy atom. The highest BCUT2D eigenvalue weighted by Crippen LogP contribution is 2.36. The SMILES string of the molecule is COc1ccc(NC(=O)C2=C(C)Nc3ncnn3[C@@H]2c2ccc(OCc3ccccc3)cc2)cc1. The van der Waals surface area contributed by atoms with Crippen molar-refractivity contribution in [1.82, 2.24) is 14.8 Å². The number of allylic oxidation sites excluding steroid dienone is 1. The van der Waals surface area contributed by atoms with Gasteiger partial charge in [-0.1, -0.05) is 42.5 Å². The Morgan fingerprint density at radius 3 is 2.43 bits per heavy atom. The third kappa shape index (κ3) is 4.72. The molecule has 0 saturated carbocycles. The number of nitrogens with one attached hydrogen (secondary N) is 2. The molecule has 0 fully saturated rings. The summed E-state index contributed by atoms with van der Waals surface area (Å²) in [6.45, 7) is 2.35. The predicted molar refractivity (Wildman–Crippen MR) is 133 cm³/mol. The Balaban J connectivity index is 1.40. The molecule has 4 aromatic rings. The monoisotopic (exact) mass is 467 g/mol. The van der Waals surface area contributed by atoms with Crippen molar-refractivity contribution >= 4 is 17.5 Å². The van der Waals surface area contributed by atoms with E-state index in [-0.39, 0.29) is 5.91 Å². The molecule has 8 nitrogen and oxygen atoms in total. The highest BCUT2D eigenvalue weighted by atomic mass is 16.5. The quantitative estimate of drug-likeness (QED) is 0.406. The van der Waals surface area contributed by atoms with Crippen molar-refractivity contribution < 1.29 is 14.3 Å². The van der Waals surface area contributed by atoms with Crippen molar-refractivity contribution in [2.45, 2.75) is 19.6 Å². The number of carbonyl (C=O) groups excluding carboxylic acids is 1. The maximum absolute atomic E-state index is 13.4. The zero-order valence-electron chi connectivity index (χ0n) is 19.4. The van der Waals surface area contributed by atoms with Gasteiger partial charge in [0, 0.05) is 11.4 Å². The fourth-order valence-corrected chi connectivity index (χ4v) is 4.05. The molecular weight excluding hydrogens is 442 g/mol. The molecular formula is C27H25N5O3. The fourth-order valence-electron chi connectivity index (χ4n) is 4.05. The van der Waals surface area contributed by atoms with E-state index in [0.717, 1.165) is 22.6 Å². The first-order valence-corrected chi connectivity index (χ1v) is 11.2. The summed E-state index contributed by atoms with van der Waals surface area (Å²) in [6, 6.07) is 24.5. The molecule has 1 aliphatic heterocycles. The molecule has 1 aromatic heterocycles. The van der Waals surface area contributed by atoms with Gasteiger partial charge in [-0.25, -0.2) is 4.68 Å². The second kappa shape index (κ2) is 9.72. The van der Waals surface area contributed by atoms with Crippen LogP contribution in [-0.4, -0.2) is 27.8 Å². The summed E-state index contributed by atoms with van der Waals surface area (Å²) in [6.07, 6.45) is 1.48. The molecule has 8 heteroatoms. The van der Waals surface area contributed by atoms with Crippen molar-refractivity contribution in [2.24, 2.45) is 0 Å². The lowest BCUT2D eigenvalue weighted by Gasteiger charge is -2.28. The predicted octanol–water partition coefficient (Wildman–Crippen LogP) is 4.79. The number of benzene rings is 3. The lowest BCUT2D eigenvalue weighted by Crippen LogP contribution is -2.31. The Morgan fingerprint density at radius 1 is 1.00 bits per heavy atom. The maximum Gasteiger partial charge on any atom is 0.255 e. The van der Waals surface area contributed by atoms with Crippen molar-refractivity contribution in [3.63, 3.8) is 0 Å². The van der Waals surface area contributed by atoms with Crippen LogP contribution in [0.25, 0.3) is 0 Å². The minimum absolute atomic E-state index is 0.226. The largest absolute Gasteiger partial charge is 0.497 e. The first-order chi connectivity index (χ1) is 17.1. The van der Waals surface area contributed by atoms with Gasteiger partial charge in [-0.15, -0.1) is 0 Å². The first kappa shape index (κ1) is 22.2. The van der Waals surface area contributed by atoms with Gasteiger partial charge in [0.25, 0.3) is 5.91 Å². The molecule has 2 N–H and O–H groups in total. The minimum Gasteiger partial charge on any atom is -0.497 e. The van der Waals surface area contributed by atoms with E-state index in [1.807, 2.05) is 61.5 Å². The Hall–Kier alpha value is -4.59. The maximum atomic E-state index is 13.4. The van der Waals surface area contributed by atoms with Gasteiger partial charge in [-0.05, 0) is 54.4 Å². The van der Waals surface area contributed by atoms with E-state index < -0.39 is 6.04 Å². The van der Waals surface area contributed by atoms with Crippen molar-refractivity contribution in [3.05, 3.63) is 108 Å². The summed E-state index contributed by atoms with van der Waals surface area (Å²) in [5, 5.41) is 10.6. The van der Waals surface area contributed by atoms with Crippen LogP contribution >= 0.6 is 0 Å². The fraction of sp³-hybridized carbons (Fsp3) is 0.148. The second-order valence-electron chi connectivity index (χ2n) is 8.12. The van der Waals surface area contributed by atoms with Gasteiger partial charge in [0.05, 0.1) is 12.7 Å². The zero-order valence-corrected chi connectivity index (χ0v) is 19.4. The molecule has 0 spiro atoms. The molecule has 35 heavy (non-hydrogen) atoms. The zero-order chi connectivity index (χ0) is 24.2. The molecule has 176 valence electrons. The van der Waals surface area contributed by atoms with Crippen LogP contribution in [0, 0.1) is 0 Å². The van der Waals surface area contributed by atoms with E-state index in [1.165, 1.54) is 6.33 Å². The van der Waals surface area contributed by atoms with Gasteiger partial charge in [0.2, 0.25) is 5.95 Å². The number of rotatable bonds is 7. The molecule has 5 rings (SSSR count). The summed E-state index contributed by atoms with van der Waals surface area (Å²) in [4.78, 5) is 17.7. The number of nitrogens with zero attached hydrogens (tertiary/aromatic N) is 3. The Kier molecular flexibility index (Phi) is 6.17. The third-order valence-corrected chi connectivity index (χ3v) is 5.83. The first-order valence-electron chi connectivity index (χ1n) is 11.2. The number of amides is 1. The molecule has 3 aromatic carbocycles. The molecule has 1 amide bonds. The van der Waals surface area contributed by atoms with Gasteiger partial charge in [0.1, 0.15) is 30.5 Å². The van der Waals surface area contributed by atoms with Crippen LogP contribution in [-0.2, 0) is 11.4 Å². The number of hydrogen-bond donors (Lipinski definition) is 2. The van der Waals surface area contributed by atoms with Crippen LogP contribution in [0.1, 0.15) is 24.1 Å². The van der Waals surface area contributed by atoms with E-state index >= 15 is 0 Å². The standard InChI is InChI=1S/C27H25N5O3/c1-18-24(26(33)31-21-10-14-22(34-2)15-11-21)25(32-27(30-18)28-17-29-32)20-8-12-23(13-9-20)35-16-19-6-4-3-5-7-19/h3-15,17,25H,16H2,1-2H3,(H,31,33)(H,28,29,30)/t25-/m1/s1. The number of ether oxygens (including phenoxy) is 2. The number of methoxy groups -OCH3 is 1. The Bertz CT molecular complexity index is 1350. The van der Waals surface area contributed by atoms with Crippen LogP contribution in [0.15, 0.2) is 96.5 Å². The summed E-state index contributed by atoms with van der Waals surface area (Å²) in [5.41, 5.74) is 3.93. The van der Waals surface area contributed by atoms with Gasteiger partial charge in [-0.2, -0.15) is 10.1 Å². The van der Waals surface area contributed by atoms with Crippen LogP contribution in [0.2, 0.25) is 0 Å².